The Bertz CT molecular complexity index is 726. The minimum atomic E-state index is -0.427. The van der Waals surface area contributed by atoms with Crippen LogP contribution in [0.25, 0.3) is 0 Å². The highest BCUT2D eigenvalue weighted by Crippen LogP contribution is 2.34. The molecule has 2 aliphatic rings. The van der Waals surface area contributed by atoms with Crippen molar-refractivity contribution < 1.29 is 9.90 Å². The molecule has 1 saturated heterocycles. The molecule has 0 spiro atoms. The summed E-state index contributed by atoms with van der Waals surface area (Å²) < 4.78 is 0. The number of nitrogens with zero attached hydrogens (tertiary/aromatic N) is 3. The maximum absolute atomic E-state index is 12.5. The van der Waals surface area contributed by atoms with Gasteiger partial charge in [-0.2, -0.15) is 0 Å². The Hall–Kier alpha value is -2.24. The first kappa shape index (κ1) is 15.3. The summed E-state index contributed by atoms with van der Waals surface area (Å²) in [6.45, 7) is 2.99. The molecule has 0 saturated carbocycles. The molecule has 1 fully saturated rings. The van der Waals surface area contributed by atoms with Crippen molar-refractivity contribution in [1.82, 2.24) is 14.8 Å². The fraction of sp³-hybridized carbons (Fsp3) is 0.368. The number of carbonyl (C=O) groups is 1. The van der Waals surface area contributed by atoms with Crippen LogP contribution in [0.4, 0.5) is 0 Å². The third-order valence-electron chi connectivity index (χ3n) is 5.17. The quantitative estimate of drug-likeness (QED) is 0.910. The monoisotopic (exact) mass is 323 g/mol. The number of rotatable bonds is 2. The van der Waals surface area contributed by atoms with Crippen LogP contribution in [0.1, 0.15) is 27.6 Å². The molecule has 1 aliphatic carbocycles. The molecule has 5 nitrogen and oxygen atoms in total. The van der Waals surface area contributed by atoms with Gasteiger partial charge in [-0.25, -0.2) is 0 Å². The smallest absolute Gasteiger partial charge is 0.254 e. The molecule has 1 aromatic carbocycles. The third-order valence-corrected chi connectivity index (χ3v) is 5.17. The number of aliphatic hydroxyl groups excluding tert-OH is 1. The van der Waals surface area contributed by atoms with E-state index in [0.717, 1.165) is 25.1 Å². The van der Waals surface area contributed by atoms with E-state index in [-0.39, 0.29) is 11.9 Å². The van der Waals surface area contributed by atoms with Crippen LogP contribution in [-0.4, -0.2) is 58.0 Å². The van der Waals surface area contributed by atoms with Crippen molar-refractivity contribution >= 4 is 5.91 Å². The van der Waals surface area contributed by atoms with Gasteiger partial charge in [0.25, 0.3) is 5.91 Å². The molecule has 124 valence electrons. The molecule has 0 radical (unpaired) electrons. The van der Waals surface area contributed by atoms with Crippen LogP contribution in [0.3, 0.4) is 0 Å². The van der Waals surface area contributed by atoms with Crippen molar-refractivity contribution in [3.05, 3.63) is 65.5 Å². The van der Waals surface area contributed by atoms with Crippen molar-refractivity contribution in [2.75, 3.05) is 26.2 Å². The van der Waals surface area contributed by atoms with E-state index < -0.39 is 6.10 Å². The van der Waals surface area contributed by atoms with Gasteiger partial charge in [0, 0.05) is 50.2 Å². The lowest BCUT2D eigenvalue weighted by molar-refractivity contribution is 0.0255. The molecular formula is C19H21N3O2. The highest BCUT2D eigenvalue weighted by atomic mass is 16.3. The average molecular weight is 323 g/mol. The van der Waals surface area contributed by atoms with Gasteiger partial charge >= 0.3 is 0 Å². The second kappa shape index (κ2) is 6.34. The number of amides is 1. The van der Waals surface area contributed by atoms with Gasteiger partial charge in [-0.15, -0.1) is 0 Å². The van der Waals surface area contributed by atoms with Gasteiger partial charge in [-0.05, 0) is 29.7 Å². The molecule has 24 heavy (non-hydrogen) atoms. The van der Waals surface area contributed by atoms with Gasteiger partial charge in [0.1, 0.15) is 0 Å². The second-order valence-electron chi connectivity index (χ2n) is 6.48. The second-order valence-corrected chi connectivity index (χ2v) is 6.48. The van der Waals surface area contributed by atoms with E-state index in [9.17, 15) is 9.90 Å². The van der Waals surface area contributed by atoms with Crippen LogP contribution in [-0.2, 0) is 6.42 Å². The summed E-state index contributed by atoms with van der Waals surface area (Å²) in [6.07, 6.45) is 3.75. The van der Waals surface area contributed by atoms with E-state index in [2.05, 4.69) is 16.0 Å². The summed E-state index contributed by atoms with van der Waals surface area (Å²) >= 11 is 0. The minimum absolute atomic E-state index is 0.0623. The summed E-state index contributed by atoms with van der Waals surface area (Å²) in [6, 6.07) is 11.8. The van der Waals surface area contributed by atoms with E-state index in [0.29, 0.717) is 18.7 Å². The van der Waals surface area contributed by atoms with Gasteiger partial charge in [0.15, 0.2) is 0 Å². The Morgan fingerprint density at radius 1 is 1.04 bits per heavy atom. The molecule has 5 heteroatoms. The number of carbonyl (C=O) groups excluding carboxylic acids is 1. The molecule has 1 N–H and O–H groups in total. The summed E-state index contributed by atoms with van der Waals surface area (Å²) in [5.41, 5.74) is 2.98. The standard InChI is InChI=1S/C19H21N3O2/c23-18-16-4-2-1-3-15(16)13-17(18)21-9-11-22(12-10-21)19(24)14-5-7-20-8-6-14/h1-8,17-18,23H,9-13H2/t17-,18-/m0/s1. The zero-order valence-electron chi connectivity index (χ0n) is 13.5. The van der Waals surface area contributed by atoms with Crippen LogP contribution in [0.5, 0.6) is 0 Å². The Balaban J connectivity index is 1.40. The molecule has 4 rings (SSSR count). The largest absolute Gasteiger partial charge is 0.387 e. The van der Waals surface area contributed by atoms with Gasteiger partial charge in [-0.1, -0.05) is 24.3 Å². The number of aromatic nitrogens is 1. The number of pyridine rings is 1. The summed E-state index contributed by atoms with van der Waals surface area (Å²) in [4.78, 5) is 20.7. The molecule has 2 heterocycles. The van der Waals surface area contributed by atoms with E-state index in [4.69, 9.17) is 0 Å². The zero-order chi connectivity index (χ0) is 16.5. The predicted molar refractivity (Wildman–Crippen MR) is 90.6 cm³/mol. The fourth-order valence-electron chi connectivity index (χ4n) is 3.82. The lowest BCUT2D eigenvalue weighted by Crippen LogP contribution is -2.53. The Morgan fingerprint density at radius 2 is 1.75 bits per heavy atom. The topological polar surface area (TPSA) is 56.7 Å². The zero-order valence-corrected chi connectivity index (χ0v) is 13.5. The van der Waals surface area contributed by atoms with Crippen molar-refractivity contribution in [3.63, 3.8) is 0 Å². The number of hydrogen-bond donors (Lipinski definition) is 1. The first-order chi connectivity index (χ1) is 11.7. The molecular weight excluding hydrogens is 302 g/mol. The lowest BCUT2D eigenvalue weighted by Gasteiger charge is -2.39. The number of hydrogen-bond acceptors (Lipinski definition) is 4. The van der Waals surface area contributed by atoms with Crippen molar-refractivity contribution in [2.24, 2.45) is 0 Å². The minimum Gasteiger partial charge on any atom is -0.387 e. The van der Waals surface area contributed by atoms with Crippen LogP contribution in [0.2, 0.25) is 0 Å². The van der Waals surface area contributed by atoms with Gasteiger partial charge in [0.2, 0.25) is 0 Å². The Morgan fingerprint density at radius 3 is 2.46 bits per heavy atom. The molecule has 2 aromatic rings. The predicted octanol–water partition coefficient (Wildman–Crippen LogP) is 1.50. The van der Waals surface area contributed by atoms with Crippen LogP contribution in [0.15, 0.2) is 48.8 Å². The van der Waals surface area contributed by atoms with E-state index >= 15 is 0 Å². The fourth-order valence-corrected chi connectivity index (χ4v) is 3.82. The number of aliphatic hydroxyl groups is 1. The lowest BCUT2D eigenvalue weighted by atomic mass is 10.1. The number of piperazine rings is 1. The highest BCUT2D eigenvalue weighted by molar-refractivity contribution is 5.94. The van der Waals surface area contributed by atoms with Crippen LogP contribution >= 0.6 is 0 Å². The molecule has 1 aromatic heterocycles. The molecule has 0 bridgehead atoms. The maximum Gasteiger partial charge on any atom is 0.254 e. The number of fused-ring (bicyclic) bond motifs is 1. The average Bonchev–Trinajstić information content (AvgIpc) is 2.99. The third kappa shape index (κ3) is 2.70. The van der Waals surface area contributed by atoms with E-state index in [1.165, 1.54) is 5.56 Å². The van der Waals surface area contributed by atoms with Crippen molar-refractivity contribution in [2.45, 2.75) is 18.6 Å². The van der Waals surface area contributed by atoms with E-state index in [1.807, 2.05) is 23.1 Å². The maximum atomic E-state index is 12.5. The van der Waals surface area contributed by atoms with Crippen molar-refractivity contribution in [1.29, 1.82) is 0 Å². The highest BCUT2D eigenvalue weighted by Gasteiger charge is 2.36. The van der Waals surface area contributed by atoms with Gasteiger partial charge < -0.3 is 10.0 Å². The first-order valence-corrected chi connectivity index (χ1v) is 8.43. The van der Waals surface area contributed by atoms with Crippen molar-refractivity contribution in [3.8, 4) is 0 Å². The Kier molecular flexibility index (Phi) is 4.04. The molecule has 1 aliphatic heterocycles. The molecule has 1 amide bonds. The van der Waals surface area contributed by atoms with Gasteiger partial charge in [0.05, 0.1) is 6.10 Å². The first-order valence-electron chi connectivity index (χ1n) is 8.43. The summed E-state index contributed by atoms with van der Waals surface area (Å²) in [7, 11) is 0. The SMILES string of the molecule is O=C(c1ccncc1)N1CCN([C@H]2Cc3ccccc3[C@@H]2O)CC1. The number of benzene rings is 1. The molecule has 0 unspecified atom stereocenters. The molecule has 2 atom stereocenters. The van der Waals surface area contributed by atoms with Crippen LogP contribution in [0, 0.1) is 0 Å². The Labute approximate surface area is 141 Å². The summed E-state index contributed by atoms with van der Waals surface area (Å²) in [5.74, 6) is 0.0623. The van der Waals surface area contributed by atoms with Gasteiger partial charge in [-0.3, -0.25) is 14.7 Å². The van der Waals surface area contributed by atoms with Crippen LogP contribution < -0.4 is 0 Å². The normalized spacial score (nSPS) is 24.0. The summed E-state index contributed by atoms with van der Waals surface area (Å²) in [5, 5.41) is 10.6. The van der Waals surface area contributed by atoms with E-state index in [1.54, 1.807) is 24.5 Å².